The van der Waals surface area contributed by atoms with Crippen molar-refractivity contribution in [3.05, 3.63) is 64.2 Å². The van der Waals surface area contributed by atoms with Crippen molar-refractivity contribution in [3.63, 3.8) is 0 Å². The number of fused-ring (bicyclic) bond motifs is 1. The van der Waals surface area contributed by atoms with Gasteiger partial charge in [-0.2, -0.15) is 0 Å². The van der Waals surface area contributed by atoms with Gasteiger partial charge in [0.05, 0.1) is 12.0 Å². The highest BCUT2D eigenvalue weighted by atomic mass is 16.5. The average molecular weight is 425 g/mol. The predicted molar refractivity (Wildman–Crippen MR) is 121 cm³/mol. The number of allylic oxidation sites excluding steroid dienone is 2. The Kier molecular flexibility index (Phi) is 6.75. The van der Waals surface area contributed by atoms with Gasteiger partial charge in [0.2, 0.25) is 0 Å². The monoisotopic (exact) mass is 424 g/mol. The third-order valence-corrected chi connectivity index (χ3v) is 5.76. The highest BCUT2D eigenvalue weighted by Gasteiger charge is 2.31. The molecule has 1 heterocycles. The number of ether oxygens (including phenoxy) is 1. The number of aryl methyl sites for hydroxylation is 1. The molecule has 0 aromatic heterocycles. The van der Waals surface area contributed by atoms with Crippen molar-refractivity contribution in [2.45, 2.75) is 71.5 Å². The van der Waals surface area contributed by atoms with E-state index in [1.807, 2.05) is 26.0 Å². The van der Waals surface area contributed by atoms with Crippen molar-refractivity contribution in [1.82, 2.24) is 0 Å². The summed E-state index contributed by atoms with van der Waals surface area (Å²) < 4.78 is 5.98. The first-order valence-corrected chi connectivity index (χ1v) is 10.8. The molecule has 1 atom stereocenters. The Morgan fingerprint density at radius 1 is 1.23 bits per heavy atom. The fourth-order valence-electron chi connectivity index (χ4n) is 3.91. The van der Waals surface area contributed by atoms with Gasteiger partial charge >= 0.3 is 0 Å². The molecule has 3 rings (SSSR count). The van der Waals surface area contributed by atoms with Crippen LogP contribution in [-0.4, -0.2) is 26.7 Å². The predicted octanol–water partition coefficient (Wildman–Crippen LogP) is 5.54. The summed E-state index contributed by atoms with van der Waals surface area (Å²) in [6.45, 7) is 7.84. The summed E-state index contributed by atoms with van der Waals surface area (Å²) in [6, 6.07) is 8.59. The first kappa shape index (κ1) is 22.9. The molecule has 5 heteroatoms. The van der Waals surface area contributed by atoms with Crippen LogP contribution in [0.4, 0.5) is 0 Å². The second kappa shape index (κ2) is 9.15. The number of ketones is 1. The molecule has 0 amide bonds. The van der Waals surface area contributed by atoms with E-state index in [9.17, 15) is 20.1 Å². The van der Waals surface area contributed by atoms with Crippen molar-refractivity contribution in [2.75, 3.05) is 0 Å². The smallest absolute Gasteiger partial charge is 0.174 e. The van der Waals surface area contributed by atoms with Crippen molar-refractivity contribution in [3.8, 4) is 17.2 Å². The van der Waals surface area contributed by atoms with Crippen LogP contribution in [-0.2, 0) is 6.42 Å². The van der Waals surface area contributed by atoms with Crippen molar-refractivity contribution in [1.29, 1.82) is 0 Å². The SMILES string of the molecule is C/C(=C\Cc1cc([C@@H]2CC(=O)c3c(O)cc(O)cc3O2)ccc1C)CCCC(C)(C)O. The standard InChI is InChI=1S/C26H32O5/c1-16(6-5-11-26(3,4)30)7-9-18-12-19(10-8-17(18)2)23-15-22(29)25-21(28)13-20(27)14-24(25)31-23/h7-8,10,12-14,23,27-28,30H,5-6,9,11,15H2,1-4H3/b16-7+/t23-/m0/s1. The molecule has 1 aliphatic rings. The Balaban J connectivity index is 1.74. The molecular weight excluding hydrogens is 392 g/mol. The second-order valence-electron chi connectivity index (χ2n) is 9.18. The van der Waals surface area contributed by atoms with E-state index in [-0.39, 0.29) is 35.0 Å². The highest BCUT2D eigenvalue weighted by molar-refractivity contribution is 6.02. The molecule has 0 bridgehead atoms. The van der Waals surface area contributed by atoms with Crippen LogP contribution in [0.2, 0.25) is 0 Å². The lowest BCUT2D eigenvalue weighted by Crippen LogP contribution is -2.20. The fourth-order valence-corrected chi connectivity index (χ4v) is 3.91. The van der Waals surface area contributed by atoms with E-state index in [0.717, 1.165) is 37.3 Å². The summed E-state index contributed by atoms with van der Waals surface area (Å²) in [6.07, 6.45) is 5.35. The Bertz CT molecular complexity index is 998. The van der Waals surface area contributed by atoms with Crippen LogP contribution in [0.3, 0.4) is 0 Å². The summed E-state index contributed by atoms with van der Waals surface area (Å²) in [5.74, 6) is -0.385. The normalized spacial score (nSPS) is 16.7. The van der Waals surface area contributed by atoms with Crippen molar-refractivity contribution < 1.29 is 24.9 Å². The zero-order valence-electron chi connectivity index (χ0n) is 18.7. The molecule has 0 aliphatic carbocycles. The number of phenols is 2. The van der Waals surface area contributed by atoms with Gasteiger partial charge in [-0.15, -0.1) is 0 Å². The van der Waals surface area contributed by atoms with E-state index < -0.39 is 11.7 Å². The van der Waals surface area contributed by atoms with Crippen molar-refractivity contribution >= 4 is 5.78 Å². The molecule has 2 aromatic carbocycles. The van der Waals surface area contributed by atoms with Crippen LogP contribution in [0.5, 0.6) is 17.2 Å². The van der Waals surface area contributed by atoms with Crippen LogP contribution in [0, 0.1) is 6.92 Å². The molecule has 0 radical (unpaired) electrons. The minimum absolute atomic E-state index is 0.131. The summed E-state index contributed by atoms with van der Waals surface area (Å²) in [7, 11) is 0. The molecule has 0 fully saturated rings. The lowest BCUT2D eigenvalue weighted by atomic mass is 9.92. The third kappa shape index (κ3) is 5.88. The molecule has 2 aromatic rings. The van der Waals surface area contributed by atoms with Crippen LogP contribution < -0.4 is 4.74 Å². The summed E-state index contributed by atoms with van der Waals surface area (Å²) >= 11 is 0. The van der Waals surface area contributed by atoms with Crippen molar-refractivity contribution in [2.24, 2.45) is 0 Å². The summed E-state index contributed by atoms with van der Waals surface area (Å²) in [4.78, 5) is 12.6. The second-order valence-corrected chi connectivity index (χ2v) is 9.18. The zero-order valence-corrected chi connectivity index (χ0v) is 18.7. The fraction of sp³-hybridized carbons (Fsp3) is 0.423. The average Bonchev–Trinajstić information content (AvgIpc) is 2.65. The number of hydrogen-bond acceptors (Lipinski definition) is 5. The minimum atomic E-state index is -0.630. The molecule has 1 aliphatic heterocycles. The maximum Gasteiger partial charge on any atom is 0.174 e. The lowest BCUT2D eigenvalue weighted by Gasteiger charge is -2.26. The van der Waals surface area contributed by atoms with Gasteiger partial charge in [0.15, 0.2) is 5.78 Å². The maximum absolute atomic E-state index is 12.6. The van der Waals surface area contributed by atoms with Gasteiger partial charge in [-0.25, -0.2) is 0 Å². The topological polar surface area (TPSA) is 87.0 Å². The van der Waals surface area contributed by atoms with E-state index >= 15 is 0 Å². The quantitative estimate of drug-likeness (QED) is 0.508. The number of phenolic OH excluding ortho intramolecular Hbond substituents is 2. The van der Waals surface area contributed by atoms with Gasteiger partial charge in [0, 0.05) is 12.1 Å². The van der Waals surface area contributed by atoms with Crippen LogP contribution in [0.25, 0.3) is 0 Å². The van der Waals surface area contributed by atoms with Crippen LogP contribution in [0.15, 0.2) is 42.0 Å². The van der Waals surface area contributed by atoms with E-state index in [0.29, 0.717) is 0 Å². The van der Waals surface area contributed by atoms with Crippen LogP contribution in [0.1, 0.15) is 79.6 Å². The zero-order chi connectivity index (χ0) is 22.8. The van der Waals surface area contributed by atoms with Gasteiger partial charge in [0.25, 0.3) is 0 Å². The first-order chi connectivity index (χ1) is 14.5. The molecule has 31 heavy (non-hydrogen) atoms. The number of aliphatic hydroxyl groups is 1. The minimum Gasteiger partial charge on any atom is -0.508 e. The van der Waals surface area contributed by atoms with Gasteiger partial charge in [-0.05, 0) is 70.1 Å². The number of rotatable bonds is 7. The Morgan fingerprint density at radius 3 is 2.68 bits per heavy atom. The maximum atomic E-state index is 12.6. The molecule has 0 spiro atoms. The number of aromatic hydroxyl groups is 2. The van der Waals surface area contributed by atoms with Gasteiger partial charge in [0.1, 0.15) is 28.9 Å². The van der Waals surface area contributed by atoms with E-state index in [1.165, 1.54) is 22.8 Å². The van der Waals surface area contributed by atoms with Crippen LogP contribution >= 0.6 is 0 Å². The number of Topliss-reactive ketones (excluding diaryl/α,β-unsaturated/α-hetero) is 1. The molecular formula is C26H32O5. The Morgan fingerprint density at radius 2 is 1.97 bits per heavy atom. The number of hydrogen-bond donors (Lipinski definition) is 3. The molecule has 166 valence electrons. The Labute approximate surface area is 184 Å². The van der Waals surface area contributed by atoms with Gasteiger partial charge < -0.3 is 20.1 Å². The summed E-state index contributed by atoms with van der Waals surface area (Å²) in [5.41, 5.74) is 4.02. The molecule has 3 N–H and O–H groups in total. The largest absolute Gasteiger partial charge is 0.508 e. The van der Waals surface area contributed by atoms with E-state index in [2.05, 4.69) is 26.0 Å². The summed E-state index contributed by atoms with van der Waals surface area (Å²) in [5, 5.41) is 29.6. The van der Waals surface area contributed by atoms with Gasteiger partial charge in [-0.1, -0.05) is 29.8 Å². The number of benzene rings is 2. The highest BCUT2D eigenvalue weighted by Crippen LogP contribution is 2.41. The third-order valence-electron chi connectivity index (χ3n) is 5.76. The van der Waals surface area contributed by atoms with E-state index in [1.54, 1.807) is 0 Å². The number of carbonyl (C=O) groups is 1. The first-order valence-electron chi connectivity index (χ1n) is 10.8. The molecule has 0 saturated heterocycles. The molecule has 5 nitrogen and oxygen atoms in total. The lowest BCUT2D eigenvalue weighted by molar-refractivity contribution is 0.0689. The molecule has 0 saturated carbocycles. The molecule has 0 unspecified atom stereocenters. The van der Waals surface area contributed by atoms with E-state index in [4.69, 9.17) is 4.74 Å². The number of carbonyl (C=O) groups excluding carboxylic acids is 1. The Hall–Kier alpha value is -2.79. The van der Waals surface area contributed by atoms with Gasteiger partial charge in [-0.3, -0.25) is 4.79 Å².